The molecule has 3 N–H and O–H groups in total. The maximum Gasteiger partial charge on any atom is 0.321 e. The first-order chi connectivity index (χ1) is 7.35. The molecule has 1 aliphatic heterocycles. The molecule has 92 valence electrons. The van der Waals surface area contributed by atoms with Gasteiger partial charge >= 0.3 is 6.03 Å². The third kappa shape index (κ3) is 3.18. The summed E-state index contributed by atoms with van der Waals surface area (Å²) in [4.78, 5) is 24.4. The highest BCUT2D eigenvalue weighted by Gasteiger charge is 2.35. The number of β-amino-alcohol motifs (C(OH)–C–C–N with tert-alkyl or cyclic N) is 1. The van der Waals surface area contributed by atoms with Crippen LogP contribution in [0.3, 0.4) is 0 Å². The van der Waals surface area contributed by atoms with Crippen molar-refractivity contribution in [3.8, 4) is 0 Å². The fourth-order valence-electron chi connectivity index (χ4n) is 1.76. The van der Waals surface area contributed by atoms with E-state index in [-0.39, 0.29) is 5.91 Å². The van der Waals surface area contributed by atoms with Crippen LogP contribution in [-0.2, 0) is 4.79 Å². The summed E-state index contributed by atoms with van der Waals surface area (Å²) >= 11 is 0. The zero-order chi connectivity index (χ0) is 12.3. The fourth-order valence-corrected chi connectivity index (χ4v) is 1.76. The number of nitrogens with one attached hydrogen (secondary N) is 2. The highest BCUT2D eigenvalue weighted by Crippen LogP contribution is 2.21. The number of amides is 3. The summed E-state index contributed by atoms with van der Waals surface area (Å²) in [5.41, 5.74) is -0.735. The summed E-state index contributed by atoms with van der Waals surface area (Å²) in [6, 6.07) is -0.922. The van der Waals surface area contributed by atoms with Gasteiger partial charge < -0.3 is 10.4 Å². The number of hydrogen-bond acceptors (Lipinski definition) is 4. The van der Waals surface area contributed by atoms with E-state index in [4.69, 9.17) is 0 Å². The molecular formula is C10H19N3O3. The van der Waals surface area contributed by atoms with Crippen LogP contribution in [0, 0.1) is 0 Å². The number of carbonyl (C=O) groups is 2. The Morgan fingerprint density at radius 3 is 2.56 bits per heavy atom. The molecule has 1 saturated heterocycles. The van der Waals surface area contributed by atoms with Gasteiger partial charge in [0.15, 0.2) is 0 Å². The lowest BCUT2D eigenvalue weighted by Gasteiger charge is -2.24. The average Bonchev–Trinajstić information content (AvgIpc) is 2.57. The predicted molar refractivity (Wildman–Crippen MR) is 58.9 cm³/mol. The van der Waals surface area contributed by atoms with Gasteiger partial charge in [0.1, 0.15) is 0 Å². The lowest BCUT2D eigenvalue weighted by molar-refractivity contribution is -0.124. The van der Waals surface area contributed by atoms with Crippen molar-refractivity contribution in [2.45, 2.75) is 31.9 Å². The molecular weight excluding hydrogens is 210 g/mol. The van der Waals surface area contributed by atoms with E-state index in [0.717, 1.165) is 0 Å². The second-order valence-electron chi connectivity index (χ2n) is 4.46. The van der Waals surface area contributed by atoms with Crippen LogP contribution in [0.5, 0.6) is 0 Å². The molecule has 1 heterocycles. The molecule has 0 radical (unpaired) electrons. The number of rotatable bonds is 2. The lowest BCUT2D eigenvalue weighted by atomic mass is 10.1. The SMILES string of the molecule is CNC(=O)NC(=O)C(C)N1CCC(C)(O)C1. The number of carbonyl (C=O) groups excluding carboxylic acids is 2. The van der Waals surface area contributed by atoms with E-state index in [1.165, 1.54) is 7.05 Å². The molecule has 6 heteroatoms. The van der Waals surface area contributed by atoms with Crippen molar-refractivity contribution in [2.75, 3.05) is 20.1 Å². The Morgan fingerprint density at radius 1 is 1.50 bits per heavy atom. The molecule has 0 spiro atoms. The quantitative estimate of drug-likeness (QED) is 0.584. The van der Waals surface area contributed by atoms with Crippen LogP contribution in [0.25, 0.3) is 0 Å². The molecule has 2 unspecified atom stereocenters. The summed E-state index contributed by atoms with van der Waals surface area (Å²) in [6.45, 7) is 4.58. The normalized spacial score (nSPS) is 27.5. The van der Waals surface area contributed by atoms with Crippen molar-refractivity contribution in [3.05, 3.63) is 0 Å². The molecule has 0 aliphatic carbocycles. The number of imide groups is 1. The number of nitrogens with zero attached hydrogens (tertiary/aromatic N) is 1. The van der Waals surface area contributed by atoms with Crippen molar-refractivity contribution >= 4 is 11.9 Å². The predicted octanol–water partition coefficient (Wildman–Crippen LogP) is -0.713. The van der Waals surface area contributed by atoms with Crippen LogP contribution < -0.4 is 10.6 Å². The Balaban J connectivity index is 2.49. The Kier molecular flexibility index (Phi) is 3.88. The number of urea groups is 1. The van der Waals surface area contributed by atoms with E-state index < -0.39 is 17.7 Å². The molecule has 1 rings (SSSR count). The fraction of sp³-hybridized carbons (Fsp3) is 0.800. The number of hydrogen-bond donors (Lipinski definition) is 3. The van der Waals surface area contributed by atoms with E-state index in [0.29, 0.717) is 19.5 Å². The molecule has 0 aromatic carbocycles. The van der Waals surface area contributed by atoms with Gasteiger partial charge in [0.05, 0.1) is 11.6 Å². The summed E-state index contributed by atoms with van der Waals surface area (Å²) in [6.07, 6.45) is 0.643. The van der Waals surface area contributed by atoms with E-state index in [1.807, 2.05) is 4.90 Å². The Morgan fingerprint density at radius 2 is 2.12 bits per heavy atom. The van der Waals surface area contributed by atoms with Crippen LogP contribution in [0.4, 0.5) is 4.79 Å². The van der Waals surface area contributed by atoms with Crippen molar-refractivity contribution < 1.29 is 14.7 Å². The second-order valence-corrected chi connectivity index (χ2v) is 4.46. The molecule has 0 aromatic rings. The summed E-state index contributed by atoms with van der Waals surface area (Å²) < 4.78 is 0. The van der Waals surface area contributed by atoms with Gasteiger partial charge in [-0.25, -0.2) is 4.79 Å². The van der Waals surface area contributed by atoms with E-state index >= 15 is 0 Å². The third-order valence-corrected chi connectivity index (χ3v) is 2.87. The van der Waals surface area contributed by atoms with E-state index in [1.54, 1.807) is 13.8 Å². The molecule has 0 aromatic heterocycles. The first-order valence-corrected chi connectivity index (χ1v) is 5.35. The molecule has 2 atom stereocenters. The average molecular weight is 229 g/mol. The highest BCUT2D eigenvalue weighted by molar-refractivity contribution is 5.96. The minimum Gasteiger partial charge on any atom is -0.389 e. The van der Waals surface area contributed by atoms with Crippen molar-refractivity contribution in [1.82, 2.24) is 15.5 Å². The number of aliphatic hydroxyl groups is 1. The monoisotopic (exact) mass is 229 g/mol. The first-order valence-electron chi connectivity index (χ1n) is 5.35. The van der Waals surface area contributed by atoms with Crippen LogP contribution in [0.1, 0.15) is 20.3 Å². The minimum absolute atomic E-state index is 0.350. The van der Waals surface area contributed by atoms with Gasteiger partial charge in [-0.1, -0.05) is 0 Å². The largest absolute Gasteiger partial charge is 0.389 e. The third-order valence-electron chi connectivity index (χ3n) is 2.87. The molecule has 1 aliphatic rings. The van der Waals surface area contributed by atoms with Crippen molar-refractivity contribution in [3.63, 3.8) is 0 Å². The van der Waals surface area contributed by atoms with Crippen molar-refractivity contribution in [1.29, 1.82) is 0 Å². The van der Waals surface area contributed by atoms with Gasteiger partial charge in [-0.05, 0) is 20.3 Å². The Hall–Kier alpha value is -1.14. The molecule has 3 amide bonds. The first kappa shape index (κ1) is 12.9. The Labute approximate surface area is 95.0 Å². The van der Waals surface area contributed by atoms with Crippen LogP contribution in [0.2, 0.25) is 0 Å². The van der Waals surface area contributed by atoms with Crippen LogP contribution in [0.15, 0.2) is 0 Å². The maximum absolute atomic E-state index is 11.6. The van der Waals surface area contributed by atoms with E-state index in [9.17, 15) is 14.7 Å². The standard InChI is InChI=1S/C10H19N3O3/c1-7(8(14)12-9(15)11-3)13-5-4-10(2,16)6-13/h7,16H,4-6H2,1-3H3,(H2,11,12,14,15). The smallest absolute Gasteiger partial charge is 0.321 e. The van der Waals surface area contributed by atoms with Gasteiger partial charge in [0.2, 0.25) is 5.91 Å². The molecule has 16 heavy (non-hydrogen) atoms. The highest BCUT2D eigenvalue weighted by atomic mass is 16.3. The van der Waals surface area contributed by atoms with Gasteiger partial charge in [-0.15, -0.1) is 0 Å². The van der Waals surface area contributed by atoms with E-state index in [2.05, 4.69) is 10.6 Å². The van der Waals surface area contributed by atoms with Crippen LogP contribution >= 0.6 is 0 Å². The second kappa shape index (κ2) is 4.80. The van der Waals surface area contributed by atoms with Crippen molar-refractivity contribution in [2.24, 2.45) is 0 Å². The van der Waals surface area contributed by atoms with Crippen LogP contribution in [-0.4, -0.2) is 53.7 Å². The summed E-state index contributed by atoms with van der Waals surface area (Å²) in [5, 5.41) is 14.3. The zero-order valence-electron chi connectivity index (χ0n) is 9.91. The summed E-state index contributed by atoms with van der Waals surface area (Å²) in [7, 11) is 1.45. The van der Waals surface area contributed by atoms with Gasteiger partial charge in [-0.3, -0.25) is 15.0 Å². The lowest BCUT2D eigenvalue weighted by Crippen LogP contribution is -2.49. The maximum atomic E-state index is 11.6. The Bertz CT molecular complexity index is 291. The van der Waals surface area contributed by atoms with Gasteiger partial charge in [0.25, 0.3) is 0 Å². The molecule has 1 fully saturated rings. The molecule has 0 saturated carbocycles. The summed E-state index contributed by atoms with van der Waals surface area (Å²) in [5.74, 6) is -0.350. The van der Waals surface area contributed by atoms with Gasteiger partial charge in [-0.2, -0.15) is 0 Å². The molecule has 6 nitrogen and oxygen atoms in total. The minimum atomic E-state index is -0.735. The van der Waals surface area contributed by atoms with Gasteiger partial charge in [0, 0.05) is 20.1 Å². The topological polar surface area (TPSA) is 81.7 Å². The number of likely N-dealkylation sites (tertiary alicyclic amines) is 1. The molecule has 0 bridgehead atoms. The zero-order valence-corrected chi connectivity index (χ0v) is 9.91.